The third kappa shape index (κ3) is 3.31. The van der Waals surface area contributed by atoms with Crippen molar-refractivity contribution in [3.05, 3.63) is 24.5 Å². The van der Waals surface area contributed by atoms with E-state index in [4.69, 9.17) is 18.9 Å². The zero-order chi connectivity index (χ0) is 18.1. The molecule has 3 rings (SSSR count). The number of aliphatic hydroxyl groups excluding tert-OH is 4. The minimum Gasteiger partial charge on any atom is -0.471 e. The van der Waals surface area contributed by atoms with Crippen molar-refractivity contribution in [2.75, 3.05) is 13.2 Å². The number of hydrogen-bond acceptors (Lipinski definition) is 9. The molecular weight excluding hydrogens is 336 g/mol. The highest BCUT2D eigenvalue weighted by atomic mass is 16.8. The van der Waals surface area contributed by atoms with Crippen LogP contribution in [0.15, 0.2) is 24.5 Å². The maximum atomic E-state index is 11.8. The van der Waals surface area contributed by atoms with Crippen LogP contribution in [0, 0.1) is 11.8 Å². The maximum Gasteiger partial charge on any atom is 0.337 e. The van der Waals surface area contributed by atoms with Crippen molar-refractivity contribution in [3.63, 3.8) is 0 Å². The summed E-state index contributed by atoms with van der Waals surface area (Å²) in [6.07, 6.45) is -4.44. The van der Waals surface area contributed by atoms with Gasteiger partial charge in [0.05, 0.1) is 25.0 Å². The van der Waals surface area contributed by atoms with Gasteiger partial charge in [0.25, 0.3) is 0 Å². The molecule has 0 aromatic carbocycles. The number of fused-ring (bicyclic) bond motifs is 1. The molecule has 9 nitrogen and oxygen atoms in total. The Hall–Kier alpha value is -1.49. The quantitative estimate of drug-likeness (QED) is 0.346. The van der Waals surface area contributed by atoms with E-state index in [0.29, 0.717) is 12.0 Å². The molecule has 2 fully saturated rings. The normalized spacial score (nSPS) is 44.2. The van der Waals surface area contributed by atoms with Crippen LogP contribution in [-0.2, 0) is 23.7 Å². The highest BCUT2D eigenvalue weighted by molar-refractivity contribution is 5.89. The van der Waals surface area contributed by atoms with Gasteiger partial charge in [-0.05, 0) is 6.42 Å². The van der Waals surface area contributed by atoms with E-state index >= 15 is 0 Å². The van der Waals surface area contributed by atoms with E-state index in [0.717, 1.165) is 0 Å². The van der Waals surface area contributed by atoms with Crippen LogP contribution in [0.25, 0.3) is 0 Å². The number of ether oxygens (including phenoxy) is 4. The Balaban J connectivity index is 1.75. The van der Waals surface area contributed by atoms with Gasteiger partial charge in [0, 0.05) is 11.8 Å². The summed E-state index contributed by atoms with van der Waals surface area (Å²) in [5, 5.41) is 38.9. The Morgan fingerprint density at radius 1 is 1.24 bits per heavy atom. The van der Waals surface area contributed by atoms with Crippen molar-refractivity contribution in [3.8, 4) is 0 Å². The zero-order valence-corrected chi connectivity index (χ0v) is 13.4. The molecule has 0 amide bonds. The lowest BCUT2D eigenvalue weighted by Gasteiger charge is -2.43. The fraction of sp³-hybridized carbons (Fsp3) is 0.688. The first-order valence-corrected chi connectivity index (χ1v) is 8.09. The average molecular weight is 358 g/mol. The predicted octanol–water partition coefficient (Wildman–Crippen LogP) is -1.59. The number of rotatable bonds is 4. The number of carbonyl (C=O) groups excluding carboxylic acids is 1. The molecule has 8 atom stereocenters. The molecule has 0 spiro atoms. The van der Waals surface area contributed by atoms with Gasteiger partial charge in [-0.25, -0.2) is 4.79 Å². The molecular formula is C16H22O9. The number of cyclic esters (lactones) is 1. The van der Waals surface area contributed by atoms with E-state index in [9.17, 15) is 25.2 Å². The van der Waals surface area contributed by atoms with Gasteiger partial charge in [0.2, 0.25) is 6.29 Å². The highest BCUT2D eigenvalue weighted by Gasteiger charge is 2.48. The number of esters is 1. The molecule has 4 N–H and O–H groups in total. The van der Waals surface area contributed by atoms with Crippen molar-refractivity contribution < 1.29 is 44.2 Å². The van der Waals surface area contributed by atoms with E-state index in [1.807, 2.05) is 0 Å². The summed E-state index contributed by atoms with van der Waals surface area (Å²) >= 11 is 0. The monoisotopic (exact) mass is 358 g/mol. The lowest BCUT2D eigenvalue weighted by Crippen LogP contribution is -2.60. The summed E-state index contributed by atoms with van der Waals surface area (Å²) < 4.78 is 21.4. The Kier molecular flexibility index (Phi) is 5.42. The zero-order valence-electron chi connectivity index (χ0n) is 13.4. The maximum absolute atomic E-state index is 11.8. The van der Waals surface area contributed by atoms with Gasteiger partial charge < -0.3 is 39.4 Å². The molecule has 0 bridgehead atoms. The molecule has 0 radical (unpaired) electrons. The average Bonchev–Trinajstić information content (AvgIpc) is 2.62. The van der Waals surface area contributed by atoms with E-state index in [1.165, 1.54) is 6.26 Å². The molecule has 9 heteroatoms. The van der Waals surface area contributed by atoms with Crippen LogP contribution in [0.1, 0.15) is 6.42 Å². The molecule has 0 aliphatic carbocycles. The van der Waals surface area contributed by atoms with Crippen molar-refractivity contribution in [1.82, 2.24) is 0 Å². The number of hydrogen-bond donors (Lipinski definition) is 4. The first-order valence-electron chi connectivity index (χ1n) is 8.09. The smallest absolute Gasteiger partial charge is 0.337 e. The summed E-state index contributed by atoms with van der Waals surface area (Å²) in [6, 6.07) is 0. The summed E-state index contributed by atoms with van der Waals surface area (Å²) in [7, 11) is 0. The molecule has 0 aromatic heterocycles. The molecule has 3 aliphatic rings. The molecule has 0 saturated carbocycles. The first kappa shape index (κ1) is 18.3. The second kappa shape index (κ2) is 7.40. The Morgan fingerprint density at radius 2 is 2.00 bits per heavy atom. The molecule has 0 aromatic rings. The molecule has 3 heterocycles. The topological polar surface area (TPSA) is 135 Å². The van der Waals surface area contributed by atoms with Crippen LogP contribution < -0.4 is 0 Å². The van der Waals surface area contributed by atoms with E-state index in [-0.39, 0.29) is 12.5 Å². The third-order valence-corrected chi connectivity index (χ3v) is 4.79. The summed E-state index contributed by atoms with van der Waals surface area (Å²) in [5.74, 6) is -1.06. The third-order valence-electron chi connectivity index (χ3n) is 4.79. The summed E-state index contributed by atoms with van der Waals surface area (Å²) in [6.45, 7) is 3.47. The van der Waals surface area contributed by atoms with Gasteiger partial charge in [0.1, 0.15) is 24.4 Å². The van der Waals surface area contributed by atoms with Gasteiger partial charge in [0.15, 0.2) is 6.29 Å². The highest BCUT2D eigenvalue weighted by Crippen LogP contribution is 2.38. The number of aliphatic hydroxyl groups is 4. The van der Waals surface area contributed by atoms with Gasteiger partial charge >= 0.3 is 5.97 Å². The standard InChI is InChI=1S/C16H22O9/c1-2-7-8-3-4-22-14(21)9(8)6-23-15(7)25-16-13(20)12(19)11(18)10(5-17)24-16/h2,6-8,10-13,15-20H,1,3-5H2/t7-,8+,10-,11-,12+,13-,15-,16+/m1/s1. The van der Waals surface area contributed by atoms with E-state index in [1.54, 1.807) is 6.08 Å². The molecule has 25 heavy (non-hydrogen) atoms. The summed E-state index contributed by atoms with van der Waals surface area (Å²) in [5.41, 5.74) is 0.393. The Bertz CT molecular complexity index is 546. The number of carbonyl (C=O) groups is 1. The van der Waals surface area contributed by atoms with Crippen LogP contribution in [0.3, 0.4) is 0 Å². The molecule has 0 unspecified atom stereocenters. The summed E-state index contributed by atoms with van der Waals surface area (Å²) in [4.78, 5) is 11.8. The lowest BCUT2D eigenvalue weighted by molar-refractivity contribution is -0.339. The predicted molar refractivity (Wildman–Crippen MR) is 80.6 cm³/mol. The second-order valence-electron chi connectivity index (χ2n) is 6.26. The van der Waals surface area contributed by atoms with Crippen LogP contribution in [0.4, 0.5) is 0 Å². The van der Waals surface area contributed by atoms with Gasteiger partial charge in [-0.2, -0.15) is 0 Å². The van der Waals surface area contributed by atoms with Crippen LogP contribution >= 0.6 is 0 Å². The fourth-order valence-electron chi connectivity index (χ4n) is 3.34. The van der Waals surface area contributed by atoms with Crippen molar-refractivity contribution in [2.24, 2.45) is 11.8 Å². The largest absolute Gasteiger partial charge is 0.471 e. The SMILES string of the molecule is C=C[C@H]1[C@@H](O[C@@H]2O[C@H](CO)[C@@H](O)[C@H](O)[C@H]2O)OC=C2C(=O)OCC[C@H]21. The fourth-order valence-corrected chi connectivity index (χ4v) is 3.34. The molecule has 140 valence electrons. The van der Waals surface area contributed by atoms with Crippen LogP contribution in [0.2, 0.25) is 0 Å². The Morgan fingerprint density at radius 3 is 2.68 bits per heavy atom. The van der Waals surface area contributed by atoms with Gasteiger partial charge in [-0.1, -0.05) is 6.08 Å². The van der Waals surface area contributed by atoms with Gasteiger partial charge in [-0.3, -0.25) is 0 Å². The minimum atomic E-state index is -1.54. The van der Waals surface area contributed by atoms with Crippen molar-refractivity contribution in [1.29, 1.82) is 0 Å². The van der Waals surface area contributed by atoms with E-state index < -0.39 is 55.5 Å². The van der Waals surface area contributed by atoms with Crippen molar-refractivity contribution >= 4 is 5.97 Å². The van der Waals surface area contributed by atoms with Crippen molar-refractivity contribution in [2.45, 2.75) is 43.4 Å². The van der Waals surface area contributed by atoms with Crippen LogP contribution in [0.5, 0.6) is 0 Å². The first-order chi connectivity index (χ1) is 12.0. The van der Waals surface area contributed by atoms with Gasteiger partial charge in [-0.15, -0.1) is 6.58 Å². The van der Waals surface area contributed by atoms with E-state index in [2.05, 4.69) is 6.58 Å². The molecule has 3 aliphatic heterocycles. The molecule has 2 saturated heterocycles. The lowest BCUT2D eigenvalue weighted by atomic mass is 9.81. The van der Waals surface area contributed by atoms with Crippen LogP contribution in [-0.4, -0.2) is 76.6 Å². The minimum absolute atomic E-state index is 0.206. The second-order valence-corrected chi connectivity index (χ2v) is 6.26. The Labute approximate surface area is 144 Å².